The lowest BCUT2D eigenvalue weighted by molar-refractivity contribution is 0.0645. The fourth-order valence-corrected chi connectivity index (χ4v) is 3.23. The Morgan fingerprint density at radius 3 is 2.83 bits per heavy atom. The van der Waals surface area contributed by atoms with Crippen LogP contribution in [0, 0.1) is 5.92 Å². The van der Waals surface area contributed by atoms with Crippen LogP contribution in [0.4, 0.5) is 11.6 Å². The first-order chi connectivity index (χ1) is 11.9. The molecule has 0 saturated carbocycles. The fourth-order valence-electron chi connectivity index (χ4n) is 3.23. The SMILES string of the molecule is C1=Nc2nc(-c3ccncc3)cnc2N(CCC2CCOCC2)C1. The highest BCUT2D eigenvalue weighted by Gasteiger charge is 2.20. The quantitative estimate of drug-likeness (QED) is 0.865. The number of aliphatic imine (C=N–C) groups is 1. The average molecular weight is 323 g/mol. The maximum Gasteiger partial charge on any atom is 0.195 e. The van der Waals surface area contributed by atoms with Crippen LogP contribution in [-0.4, -0.2) is 47.5 Å². The van der Waals surface area contributed by atoms with E-state index >= 15 is 0 Å². The maximum absolute atomic E-state index is 5.44. The molecular weight excluding hydrogens is 302 g/mol. The second kappa shape index (κ2) is 7.05. The summed E-state index contributed by atoms with van der Waals surface area (Å²) in [6.07, 6.45) is 10.8. The molecule has 4 rings (SSSR count). The van der Waals surface area contributed by atoms with Crippen LogP contribution in [0.1, 0.15) is 19.3 Å². The van der Waals surface area contributed by atoms with Crippen molar-refractivity contribution >= 4 is 17.9 Å². The summed E-state index contributed by atoms with van der Waals surface area (Å²) in [6, 6.07) is 3.87. The Hall–Kier alpha value is -2.34. The van der Waals surface area contributed by atoms with E-state index in [1.165, 1.54) is 19.3 Å². The van der Waals surface area contributed by atoms with Crippen molar-refractivity contribution in [2.24, 2.45) is 10.9 Å². The van der Waals surface area contributed by atoms with Crippen LogP contribution >= 0.6 is 0 Å². The largest absolute Gasteiger partial charge is 0.381 e. The van der Waals surface area contributed by atoms with Crippen molar-refractivity contribution in [1.29, 1.82) is 0 Å². The van der Waals surface area contributed by atoms with Crippen molar-refractivity contribution in [2.75, 3.05) is 31.2 Å². The van der Waals surface area contributed by atoms with E-state index in [4.69, 9.17) is 4.74 Å². The second-order valence-corrected chi connectivity index (χ2v) is 6.24. The first-order valence-electron chi connectivity index (χ1n) is 8.53. The second-order valence-electron chi connectivity index (χ2n) is 6.24. The molecule has 0 atom stereocenters. The van der Waals surface area contributed by atoms with Gasteiger partial charge in [0.05, 0.1) is 18.4 Å². The molecule has 2 aliphatic rings. The molecule has 0 bridgehead atoms. The molecule has 0 unspecified atom stereocenters. The molecule has 0 aliphatic carbocycles. The van der Waals surface area contributed by atoms with Gasteiger partial charge in [0, 0.05) is 43.9 Å². The zero-order chi connectivity index (χ0) is 16.2. The van der Waals surface area contributed by atoms with E-state index in [0.717, 1.165) is 49.3 Å². The van der Waals surface area contributed by atoms with Gasteiger partial charge in [-0.2, -0.15) is 0 Å². The predicted molar refractivity (Wildman–Crippen MR) is 93.8 cm³/mol. The van der Waals surface area contributed by atoms with E-state index in [-0.39, 0.29) is 0 Å². The maximum atomic E-state index is 5.44. The summed E-state index contributed by atoms with van der Waals surface area (Å²) < 4.78 is 5.44. The number of aromatic nitrogens is 3. The molecule has 0 N–H and O–H groups in total. The number of hydrogen-bond donors (Lipinski definition) is 0. The van der Waals surface area contributed by atoms with Crippen LogP contribution < -0.4 is 4.90 Å². The van der Waals surface area contributed by atoms with Gasteiger partial charge in [0.15, 0.2) is 11.6 Å². The number of nitrogens with zero attached hydrogens (tertiary/aromatic N) is 5. The first-order valence-corrected chi connectivity index (χ1v) is 8.53. The topological polar surface area (TPSA) is 63.5 Å². The van der Waals surface area contributed by atoms with Crippen molar-refractivity contribution in [3.05, 3.63) is 30.7 Å². The Morgan fingerprint density at radius 2 is 2.00 bits per heavy atom. The highest BCUT2D eigenvalue weighted by atomic mass is 16.5. The molecule has 124 valence electrons. The molecule has 24 heavy (non-hydrogen) atoms. The molecule has 2 aromatic rings. The van der Waals surface area contributed by atoms with Gasteiger partial charge in [-0.1, -0.05) is 0 Å². The van der Waals surface area contributed by atoms with Gasteiger partial charge in [-0.05, 0) is 37.3 Å². The molecule has 0 spiro atoms. The molecule has 0 amide bonds. The van der Waals surface area contributed by atoms with Crippen LogP contribution in [0.25, 0.3) is 11.3 Å². The minimum Gasteiger partial charge on any atom is -0.381 e. The van der Waals surface area contributed by atoms with Crippen molar-refractivity contribution in [1.82, 2.24) is 15.0 Å². The van der Waals surface area contributed by atoms with Gasteiger partial charge in [0.25, 0.3) is 0 Å². The van der Waals surface area contributed by atoms with E-state index in [9.17, 15) is 0 Å². The lowest BCUT2D eigenvalue weighted by atomic mass is 9.96. The van der Waals surface area contributed by atoms with E-state index in [1.807, 2.05) is 24.5 Å². The molecular formula is C18H21N5O. The Labute approximate surface area is 141 Å². The number of ether oxygens (including phenoxy) is 1. The van der Waals surface area contributed by atoms with Crippen LogP contribution in [0.5, 0.6) is 0 Å². The number of anilines is 1. The summed E-state index contributed by atoms with van der Waals surface area (Å²) in [6.45, 7) is 3.60. The zero-order valence-electron chi connectivity index (χ0n) is 13.6. The van der Waals surface area contributed by atoms with E-state index in [2.05, 4.69) is 24.8 Å². The smallest absolute Gasteiger partial charge is 0.195 e. The summed E-state index contributed by atoms with van der Waals surface area (Å²) in [5.74, 6) is 2.36. The molecule has 1 fully saturated rings. The van der Waals surface area contributed by atoms with Gasteiger partial charge in [0.1, 0.15) is 0 Å². The van der Waals surface area contributed by atoms with Crippen LogP contribution in [0.2, 0.25) is 0 Å². The number of rotatable bonds is 4. The summed E-state index contributed by atoms with van der Waals surface area (Å²) in [7, 11) is 0. The first kappa shape index (κ1) is 15.2. The van der Waals surface area contributed by atoms with E-state index in [1.54, 1.807) is 12.4 Å². The molecule has 0 aromatic carbocycles. The van der Waals surface area contributed by atoms with Gasteiger partial charge >= 0.3 is 0 Å². The summed E-state index contributed by atoms with van der Waals surface area (Å²) in [5.41, 5.74) is 1.84. The van der Waals surface area contributed by atoms with Gasteiger partial charge in [-0.3, -0.25) is 4.98 Å². The van der Waals surface area contributed by atoms with Gasteiger partial charge < -0.3 is 9.64 Å². The Bertz CT molecular complexity index is 713. The van der Waals surface area contributed by atoms with Crippen LogP contribution in [-0.2, 0) is 4.74 Å². The molecule has 2 aliphatic heterocycles. The van der Waals surface area contributed by atoms with Crippen LogP contribution in [0.3, 0.4) is 0 Å². The highest BCUT2D eigenvalue weighted by Crippen LogP contribution is 2.30. The summed E-state index contributed by atoms with van der Waals surface area (Å²) in [4.78, 5) is 20.1. The zero-order valence-corrected chi connectivity index (χ0v) is 13.6. The number of pyridine rings is 1. The molecule has 6 nitrogen and oxygen atoms in total. The van der Waals surface area contributed by atoms with Gasteiger partial charge in [-0.15, -0.1) is 0 Å². The molecule has 2 aromatic heterocycles. The average Bonchev–Trinajstić information content (AvgIpc) is 2.67. The molecule has 6 heteroatoms. The Balaban J connectivity index is 1.49. The standard InChI is InChI=1S/C18H21N5O/c1-6-19-7-2-15(1)16-13-21-18-17(22-16)20-8-10-23(18)9-3-14-4-11-24-12-5-14/h1-2,6-8,13-14H,3-5,9-12H2. The fraction of sp³-hybridized carbons (Fsp3) is 0.444. The summed E-state index contributed by atoms with van der Waals surface area (Å²) >= 11 is 0. The minimum atomic E-state index is 0.711. The molecule has 1 saturated heterocycles. The third kappa shape index (κ3) is 3.28. The van der Waals surface area contributed by atoms with Crippen molar-refractivity contribution in [3.63, 3.8) is 0 Å². The lowest BCUT2D eigenvalue weighted by Crippen LogP contribution is -2.31. The van der Waals surface area contributed by atoms with Crippen molar-refractivity contribution < 1.29 is 4.74 Å². The predicted octanol–water partition coefficient (Wildman–Crippen LogP) is 2.88. The number of fused-ring (bicyclic) bond motifs is 1. The Kier molecular flexibility index (Phi) is 4.46. The van der Waals surface area contributed by atoms with Gasteiger partial charge in [0.2, 0.25) is 0 Å². The van der Waals surface area contributed by atoms with Crippen molar-refractivity contribution in [3.8, 4) is 11.3 Å². The summed E-state index contributed by atoms with van der Waals surface area (Å²) in [5, 5.41) is 0. The van der Waals surface area contributed by atoms with Crippen LogP contribution in [0.15, 0.2) is 35.7 Å². The normalized spacial score (nSPS) is 17.8. The third-order valence-corrected chi connectivity index (χ3v) is 4.67. The minimum absolute atomic E-state index is 0.711. The van der Waals surface area contributed by atoms with E-state index in [0.29, 0.717) is 5.82 Å². The lowest BCUT2D eigenvalue weighted by Gasteiger charge is -2.29. The van der Waals surface area contributed by atoms with Crippen molar-refractivity contribution in [2.45, 2.75) is 19.3 Å². The number of hydrogen-bond acceptors (Lipinski definition) is 6. The molecule has 4 heterocycles. The third-order valence-electron chi connectivity index (χ3n) is 4.67. The Morgan fingerprint density at radius 1 is 1.17 bits per heavy atom. The monoisotopic (exact) mass is 323 g/mol. The molecule has 0 radical (unpaired) electrons. The van der Waals surface area contributed by atoms with Gasteiger partial charge in [-0.25, -0.2) is 15.0 Å². The highest BCUT2D eigenvalue weighted by molar-refractivity contribution is 5.78. The van der Waals surface area contributed by atoms with E-state index < -0.39 is 0 Å².